The quantitative estimate of drug-likeness (QED) is 0.441. The van der Waals surface area contributed by atoms with Gasteiger partial charge in [0.05, 0.1) is 23.4 Å². The average Bonchev–Trinajstić information content (AvgIpc) is 3.18. The van der Waals surface area contributed by atoms with Crippen molar-refractivity contribution in [2.24, 2.45) is 0 Å². The molecule has 1 aromatic heterocycles. The normalized spacial score (nSPS) is 10.4. The Balaban J connectivity index is 1.46. The van der Waals surface area contributed by atoms with Gasteiger partial charge >= 0.3 is 5.97 Å². The molecule has 0 saturated carbocycles. The molecule has 128 valence electrons. The Labute approximate surface area is 151 Å². The monoisotopic (exact) mass is 353 g/mol. The summed E-state index contributed by atoms with van der Waals surface area (Å²) < 4.78 is 11.0. The number of esters is 1. The van der Waals surface area contributed by atoms with Crippen molar-refractivity contribution >= 4 is 17.3 Å². The molecule has 0 saturated heterocycles. The Hall–Kier alpha value is -2.66. The molecular weight excluding hydrogens is 334 g/mol. The molecule has 0 aliphatic carbocycles. The Bertz CT molecular complexity index is 788. The second kappa shape index (κ2) is 8.99. The topological polar surface area (TPSA) is 48.4 Å². The SMILES string of the molecule is O=C(OCCCc1ccccc1)c1cccc(OCc2cscn2)c1. The molecule has 0 spiro atoms. The molecule has 0 unspecified atom stereocenters. The third-order valence-corrected chi connectivity index (χ3v) is 4.26. The van der Waals surface area contributed by atoms with E-state index in [1.807, 2.05) is 29.6 Å². The van der Waals surface area contributed by atoms with Gasteiger partial charge in [0.1, 0.15) is 12.4 Å². The van der Waals surface area contributed by atoms with E-state index in [0.717, 1.165) is 18.5 Å². The minimum atomic E-state index is -0.327. The summed E-state index contributed by atoms with van der Waals surface area (Å²) in [6, 6.07) is 17.2. The molecule has 0 aliphatic heterocycles. The number of benzene rings is 2. The first-order valence-electron chi connectivity index (χ1n) is 8.12. The number of ether oxygens (including phenoxy) is 2. The summed E-state index contributed by atoms with van der Waals surface area (Å²) in [5.41, 5.74) is 4.38. The van der Waals surface area contributed by atoms with Crippen LogP contribution in [-0.4, -0.2) is 17.6 Å². The van der Waals surface area contributed by atoms with Crippen molar-refractivity contribution in [2.45, 2.75) is 19.4 Å². The lowest BCUT2D eigenvalue weighted by Gasteiger charge is -2.08. The minimum Gasteiger partial charge on any atom is -0.487 e. The van der Waals surface area contributed by atoms with E-state index in [-0.39, 0.29) is 5.97 Å². The molecule has 0 atom stereocenters. The van der Waals surface area contributed by atoms with Crippen LogP contribution in [0.2, 0.25) is 0 Å². The summed E-state index contributed by atoms with van der Waals surface area (Å²) in [4.78, 5) is 16.3. The zero-order valence-corrected chi connectivity index (χ0v) is 14.6. The number of aryl methyl sites for hydroxylation is 1. The highest BCUT2D eigenvalue weighted by Gasteiger charge is 2.08. The van der Waals surface area contributed by atoms with Gasteiger partial charge in [-0.05, 0) is 36.6 Å². The van der Waals surface area contributed by atoms with Crippen molar-refractivity contribution in [1.29, 1.82) is 0 Å². The fraction of sp³-hybridized carbons (Fsp3) is 0.200. The van der Waals surface area contributed by atoms with Crippen LogP contribution < -0.4 is 4.74 Å². The van der Waals surface area contributed by atoms with Gasteiger partial charge in [-0.3, -0.25) is 0 Å². The van der Waals surface area contributed by atoms with E-state index in [9.17, 15) is 4.79 Å². The standard InChI is InChI=1S/C20H19NO3S/c22-20(23-11-5-8-16-6-2-1-3-7-16)17-9-4-10-19(12-17)24-13-18-14-25-15-21-18/h1-4,6-7,9-10,12,14-15H,5,8,11,13H2. The Morgan fingerprint density at radius 2 is 1.96 bits per heavy atom. The van der Waals surface area contributed by atoms with Crippen molar-refractivity contribution in [2.75, 3.05) is 6.61 Å². The van der Waals surface area contributed by atoms with Crippen LogP contribution in [0.5, 0.6) is 5.75 Å². The maximum atomic E-state index is 12.2. The predicted molar refractivity (Wildman–Crippen MR) is 97.9 cm³/mol. The van der Waals surface area contributed by atoms with E-state index in [1.54, 1.807) is 23.7 Å². The summed E-state index contributed by atoms with van der Waals surface area (Å²) >= 11 is 1.53. The molecule has 0 amide bonds. The van der Waals surface area contributed by atoms with E-state index in [1.165, 1.54) is 16.9 Å². The third kappa shape index (κ3) is 5.43. The molecule has 0 aliphatic rings. The summed E-state index contributed by atoms with van der Waals surface area (Å²) in [6.07, 6.45) is 1.70. The molecule has 4 nitrogen and oxygen atoms in total. The second-order valence-corrected chi connectivity index (χ2v) is 6.24. The zero-order chi connectivity index (χ0) is 17.3. The highest BCUT2D eigenvalue weighted by atomic mass is 32.1. The third-order valence-electron chi connectivity index (χ3n) is 3.63. The molecule has 0 fully saturated rings. The Kier molecular flexibility index (Phi) is 6.17. The van der Waals surface area contributed by atoms with Crippen molar-refractivity contribution in [3.05, 3.63) is 82.3 Å². The first-order valence-corrected chi connectivity index (χ1v) is 9.06. The molecular formula is C20H19NO3S. The largest absolute Gasteiger partial charge is 0.487 e. The molecule has 3 aromatic rings. The van der Waals surface area contributed by atoms with Crippen molar-refractivity contribution in [3.63, 3.8) is 0 Å². The fourth-order valence-corrected chi connectivity index (χ4v) is 2.89. The molecule has 3 rings (SSSR count). The van der Waals surface area contributed by atoms with Gasteiger partial charge < -0.3 is 9.47 Å². The van der Waals surface area contributed by atoms with Gasteiger partial charge in [0.15, 0.2) is 0 Å². The van der Waals surface area contributed by atoms with Gasteiger partial charge in [-0.25, -0.2) is 9.78 Å². The number of rotatable bonds is 8. The molecule has 25 heavy (non-hydrogen) atoms. The molecule has 0 radical (unpaired) electrons. The van der Waals surface area contributed by atoms with Gasteiger partial charge in [-0.15, -0.1) is 11.3 Å². The smallest absolute Gasteiger partial charge is 0.338 e. The second-order valence-electron chi connectivity index (χ2n) is 5.52. The average molecular weight is 353 g/mol. The summed E-state index contributed by atoms with van der Waals surface area (Å²) in [5, 5.41) is 1.94. The van der Waals surface area contributed by atoms with Crippen LogP contribution in [0.15, 0.2) is 65.5 Å². The van der Waals surface area contributed by atoms with Gasteiger partial charge in [-0.2, -0.15) is 0 Å². The maximum absolute atomic E-state index is 12.2. The summed E-state index contributed by atoms with van der Waals surface area (Å²) in [5.74, 6) is 0.305. The van der Waals surface area contributed by atoms with Crippen LogP contribution in [0.25, 0.3) is 0 Å². The van der Waals surface area contributed by atoms with Gasteiger partial charge in [0.25, 0.3) is 0 Å². The Morgan fingerprint density at radius 1 is 1.08 bits per heavy atom. The predicted octanol–water partition coefficient (Wildman–Crippen LogP) is 4.51. The molecule has 1 heterocycles. The summed E-state index contributed by atoms with van der Waals surface area (Å²) in [6.45, 7) is 0.788. The summed E-state index contributed by atoms with van der Waals surface area (Å²) in [7, 11) is 0. The molecule has 5 heteroatoms. The first kappa shape index (κ1) is 17.2. The van der Waals surface area contributed by atoms with E-state index < -0.39 is 0 Å². The lowest BCUT2D eigenvalue weighted by molar-refractivity contribution is 0.0500. The maximum Gasteiger partial charge on any atom is 0.338 e. The van der Waals surface area contributed by atoms with Crippen LogP contribution in [0.1, 0.15) is 28.0 Å². The number of nitrogens with zero attached hydrogens (tertiary/aromatic N) is 1. The molecule has 0 bridgehead atoms. The van der Waals surface area contributed by atoms with Crippen molar-refractivity contribution < 1.29 is 14.3 Å². The number of aromatic nitrogens is 1. The van der Waals surface area contributed by atoms with Gasteiger partial charge in [-0.1, -0.05) is 36.4 Å². The molecule has 0 N–H and O–H groups in total. The number of hydrogen-bond acceptors (Lipinski definition) is 5. The fourth-order valence-electron chi connectivity index (χ4n) is 2.35. The Morgan fingerprint density at radius 3 is 2.76 bits per heavy atom. The van der Waals surface area contributed by atoms with E-state index in [2.05, 4.69) is 17.1 Å². The van der Waals surface area contributed by atoms with E-state index in [0.29, 0.717) is 24.5 Å². The zero-order valence-electron chi connectivity index (χ0n) is 13.8. The van der Waals surface area contributed by atoms with E-state index >= 15 is 0 Å². The highest BCUT2D eigenvalue weighted by molar-refractivity contribution is 7.07. The lowest BCUT2D eigenvalue weighted by atomic mass is 10.1. The number of thiazole rings is 1. The van der Waals surface area contributed by atoms with Gasteiger partial charge in [0.2, 0.25) is 0 Å². The van der Waals surface area contributed by atoms with Crippen LogP contribution in [-0.2, 0) is 17.8 Å². The van der Waals surface area contributed by atoms with E-state index in [4.69, 9.17) is 9.47 Å². The highest BCUT2D eigenvalue weighted by Crippen LogP contribution is 2.16. The molecule has 2 aromatic carbocycles. The first-order chi connectivity index (χ1) is 12.3. The van der Waals surface area contributed by atoms with Crippen molar-refractivity contribution in [1.82, 2.24) is 4.98 Å². The van der Waals surface area contributed by atoms with Crippen LogP contribution in [0.4, 0.5) is 0 Å². The van der Waals surface area contributed by atoms with Gasteiger partial charge in [0, 0.05) is 5.38 Å². The van der Waals surface area contributed by atoms with Crippen LogP contribution in [0, 0.1) is 0 Å². The number of carbonyl (C=O) groups is 1. The number of hydrogen-bond donors (Lipinski definition) is 0. The number of carbonyl (C=O) groups excluding carboxylic acids is 1. The van der Waals surface area contributed by atoms with Crippen LogP contribution >= 0.6 is 11.3 Å². The van der Waals surface area contributed by atoms with Crippen LogP contribution in [0.3, 0.4) is 0 Å². The lowest BCUT2D eigenvalue weighted by Crippen LogP contribution is -2.07. The van der Waals surface area contributed by atoms with Crippen molar-refractivity contribution in [3.8, 4) is 5.75 Å². The minimum absolute atomic E-state index is 0.327.